The molecule has 0 saturated heterocycles. The molecule has 72 valence electrons. The van der Waals surface area contributed by atoms with E-state index in [0.29, 0.717) is 6.29 Å². The Kier molecular flexibility index (Phi) is 5.00. The average Bonchev–Trinajstić information content (AvgIpc) is 2.05. The van der Waals surface area contributed by atoms with E-state index < -0.39 is 24.4 Å². The summed E-state index contributed by atoms with van der Waals surface area (Å²) in [4.78, 5) is 10.1. The molecule has 0 aromatic carbocycles. The number of rotatable bonds is 5. The molecule has 5 nitrogen and oxygen atoms in total. The van der Waals surface area contributed by atoms with Crippen LogP contribution in [0.1, 0.15) is 6.92 Å². The van der Waals surface area contributed by atoms with Crippen LogP contribution in [-0.4, -0.2) is 53.0 Å². The molecule has 0 aromatic rings. The van der Waals surface area contributed by atoms with Gasteiger partial charge in [0.2, 0.25) is 0 Å². The zero-order chi connectivity index (χ0) is 9.72. The topological polar surface area (TPSA) is 89.8 Å². The zero-order valence-electron chi connectivity index (χ0n) is 7.14. The molecule has 4 N–H and O–H groups in total. The Morgan fingerprint density at radius 2 is 1.83 bits per heavy atom. The monoisotopic (exact) mass is 177 g/mol. The van der Waals surface area contributed by atoms with Crippen molar-refractivity contribution < 1.29 is 20.1 Å². The van der Waals surface area contributed by atoms with Gasteiger partial charge >= 0.3 is 0 Å². The summed E-state index contributed by atoms with van der Waals surface area (Å²) in [5, 5.41) is 29.8. The molecule has 12 heavy (non-hydrogen) atoms. The van der Waals surface area contributed by atoms with Gasteiger partial charge in [-0.25, -0.2) is 0 Å². The highest BCUT2D eigenvalue weighted by atomic mass is 16.3. The van der Waals surface area contributed by atoms with Crippen LogP contribution >= 0.6 is 0 Å². The summed E-state index contributed by atoms with van der Waals surface area (Å²) in [5.41, 5.74) is 0. The van der Waals surface area contributed by atoms with E-state index in [9.17, 15) is 9.90 Å². The van der Waals surface area contributed by atoms with Crippen molar-refractivity contribution in [3.05, 3.63) is 0 Å². The number of aldehydes is 1. The number of nitrogens with one attached hydrogen (secondary N) is 1. The number of aliphatic hydroxyl groups excluding tert-OH is 3. The van der Waals surface area contributed by atoms with Gasteiger partial charge in [0.15, 0.2) is 0 Å². The maximum absolute atomic E-state index is 10.1. The lowest BCUT2D eigenvalue weighted by molar-refractivity contribution is -0.119. The maximum Gasteiger partial charge on any atom is 0.150 e. The van der Waals surface area contributed by atoms with Crippen LogP contribution in [-0.2, 0) is 4.79 Å². The number of carbonyl (C=O) groups is 1. The van der Waals surface area contributed by atoms with E-state index in [2.05, 4.69) is 5.32 Å². The van der Waals surface area contributed by atoms with Crippen LogP contribution in [0, 0.1) is 0 Å². The van der Waals surface area contributed by atoms with Crippen molar-refractivity contribution in [2.75, 3.05) is 7.05 Å². The summed E-state index contributed by atoms with van der Waals surface area (Å²) in [6.07, 6.45) is -3.14. The van der Waals surface area contributed by atoms with Gasteiger partial charge < -0.3 is 25.4 Å². The van der Waals surface area contributed by atoms with Crippen molar-refractivity contribution in [3.8, 4) is 0 Å². The van der Waals surface area contributed by atoms with Gasteiger partial charge in [0.05, 0.1) is 18.2 Å². The first-order valence-corrected chi connectivity index (χ1v) is 3.71. The SMILES string of the molecule is CN[C@@H]([C@H](O)[C@@H](C)O)[C@@H](O)C=O. The van der Waals surface area contributed by atoms with Gasteiger partial charge in [0.1, 0.15) is 12.4 Å². The summed E-state index contributed by atoms with van der Waals surface area (Å²) < 4.78 is 0. The van der Waals surface area contributed by atoms with Crippen molar-refractivity contribution in [1.82, 2.24) is 5.32 Å². The Balaban J connectivity index is 4.22. The number of hydrogen-bond donors (Lipinski definition) is 4. The first-order chi connectivity index (χ1) is 5.54. The molecule has 0 bridgehead atoms. The largest absolute Gasteiger partial charge is 0.391 e. The smallest absolute Gasteiger partial charge is 0.150 e. The van der Waals surface area contributed by atoms with Gasteiger partial charge in [-0.1, -0.05) is 0 Å². The summed E-state index contributed by atoms with van der Waals surface area (Å²) in [7, 11) is 1.49. The average molecular weight is 177 g/mol. The fraction of sp³-hybridized carbons (Fsp3) is 0.857. The number of aliphatic hydroxyl groups is 3. The molecule has 0 fully saturated rings. The van der Waals surface area contributed by atoms with Crippen molar-refractivity contribution >= 4 is 6.29 Å². The maximum atomic E-state index is 10.1. The lowest BCUT2D eigenvalue weighted by atomic mass is 10.0. The minimum atomic E-state index is -1.31. The lowest BCUT2D eigenvalue weighted by Gasteiger charge is -2.25. The van der Waals surface area contributed by atoms with Gasteiger partial charge in [-0.2, -0.15) is 0 Å². The van der Waals surface area contributed by atoms with Crippen LogP contribution in [0.4, 0.5) is 0 Å². The predicted octanol–water partition coefficient (Wildman–Crippen LogP) is -2.12. The second-order valence-electron chi connectivity index (χ2n) is 2.67. The molecule has 5 heteroatoms. The predicted molar refractivity (Wildman–Crippen MR) is 42.6 cm³/mol. The molecule has 0 unspecified atom stereocenters. The van der Waals surface area contributed by atoms with Gasteiger partial charge in [-0.3, -0.25) is 0 Å². The normalized spacial score (nSPS) is 21.1. The highest BCUT2D eigenvalue weighted by molar-refractivity contribution is 5.57. The number of carbonyl (C=O) groups excluding carboxylic acids is 1. The molecule has 0 aliphatic heterocycles. The van der Waals surface area contributed by atoms with E-state index in [4.69, 9.17) is 10.2 Å². The fourth-order valence-corrected chi connectivity index (χ4v) is 0.928. The molecule has 4 atom stereocenters. The highest BCUT2D eigenvalue weighted by Crippen LogP contribution is 2.02. The fourth-order valence-electron chi connectivity index (χ4n) is 0.928. The Labute approximate surface area is 71.0 Å². The molecule has 0 saturated carbocycles. The van der Waals surface area contributed by atoms with Crippen LogP contribution in [0.25, 0.3) is 0 Å². The van der Waals surface area contributed by atoms with E-state index in [1.54, 1.807) is 0 Å². The summed E-state index contributed by atoms with van der Waals surface area (Å²) in [5.74, 6) is 0. The van der Waals surface area contributed by atoms with Crippen molar-refractivity contribution in [3.63, 3.8) is 0 Å². The molecular formula is C7H15NO4. The quantitative estimate of drug-likeness (QED) is 0.360. The third kappa shape index (κ3) is 2.86. The van der Waals surface area contributed by atoms with Gasteiger partial charge in [0.25, 0.3) is 0 Å². The van der Waals surface area contributed by atoms with Gasteiger partial charge in [0, 0.05) is 0 Å². The molecule has 0 radical (unpaired) electrons. The minimum absolute atomic E-state index is 0.312. The van der Waals surface area contributed by atoms with Crippen molar-refractivity contribution in [2.45, 2.75) is 31.3 Å². The molecule has 0 heterocycles. The van der Waals surface area contributed by atoms with E-state index in [0.717, 1.165) is 0 Å². The summed E-state index contributed by atoms with van der Waals surface area (Å²) in [6.45, 7) is 1.38. The Morgan fingerprint density at radius 3 is 2.08 bits per heavy atom. The van der Waals surface area contributed by atoms with Gasteiger partial charge in [-0.15, -0.1) is 0 Å². The first-order valence-electron chi connectivity index (χ1n) is 3.71. The third-order valence-electron chi connectivity index (χ3n) is 1.70. The number of hydrogen-bond acceptors (Lipinski definition) is 5. The Morgan fingerprint density at radius 1 is 1.33 bits per heavy atom. The molecule has 0 aliphatic carbocycles. The molecule has 0 rings (SSSR count). The van der Waals surface area contributed by atoms with Crippen molar-refractivity contribution in [1.29, 1.82) is 0 Å². The van der Waals surface area contributed by atoms with E-state index in [-0.39, 0.29) is 0 Å². The molecule has 0 spiro atoms. The lowest BCUT2D eigenvalue weighted by Crippen LogP contribution is -2.51. The Hall–Kier alpha value is -0.490. The van der Waals surface area contributed by atoms with Crippen LogP contribution < -0.4 is 5.32 Å². The third-order valence-corrected chi connectivity index (χ3v) is 1.70. The highest BCUT2D eigenvalue weighted by Gasteiger charge is 2.28. The van der Waals surface area contributed by atoms with Crippen LogP contribution in [0.2, 0.25) is 0 Å². The second-order valence-corrected chi connectivity index (χ2v) is 2.67. The minimum Gasteiger partial charge on any atom is -0.391 e. The molecule has 0 aromatic heterocycles. The van der Waals surface area contributed by atoms with E-state index in [1.165, 1.54) is 14.0 Å². The zero-order valence-corrected chi connectivity index (χ0v) is 7.14. The second kappa shape index (κ2) is 5.21. The van der Waals surface area contributed by atoms with Crippen molar-refractivity contribution in [2.24, 2.45) is 0 Å². The van der Waals surface area contributed by atoms with Crippen LogP contribution in [0.5, 0.6) is 0 Å². The van der Waals surface area contributed by atoms with Gasteiger partial charge in [-0.05, 0) is 14.0 Å². The molecule has 0 aliphatic rings. The van der Waals surface area contributed by atoms with Crippen LogP contribution in [0.15, 0.2) is 0 Å². The standard InChI is InChI=1S/C7H15NO4/c1-4(10)7(12)6(8-2)5(11)3-9/h3-8,10-12H,1-2H3/t4-,5+,6-,7-/m1/s1. The summed E-state index contributed by atoms with van der Waals surface area (Å²) >= 11 is 0. The number of likely N-dealkylation sites (N-methyl/N-ethyl adjacent to an activating group) is 1. The van der Waals surface area contributed by atoms with E-state index in [1.807, 2.05) is 0 Å². The molecular weight excluding hydrogens is 162 g/mol. The summed E-state index contributed by atoms with van der Waals surface area (Å²) in [6, 6.07) is -0.831. The molecule has 0 amide bonds. The Bertz CT molecular complexity index is 139. The van der Waals surface area contributed by atoms with E-state index >= 15 is 0 Å². The van der Waals surface area contributed by atoms with Crippen LogP contribution in [0.3, 0.4) is 0 Å². The first kappa shape index (κ1) is 11.5.